The third-order valence-electron chi connectivity index (χ3n) is 3.19. The zero-order chi connectivity index (χ0) is 13.1. The van der Waals surface area contributed by atoms with Crippen LogP contribution >= 0.6 is 0 Å². The molecule has 4 heteroatoms. The molecule has 2 unspecified atom stereocenters. The van der Waals surface area contributed by atoms with Crippen LogP contribution in [0, 0.1) is 13.8 Å². The molecule has 0 amide bonds. The molecule has 1 N–H and O–H groups in total. The fourth-order valence-corrected chi connectivity index (χ4v) is 2.04. The van der Waals surface area contributed by atoms with E-state index in [4.69, 9.17) is 9.47 Å². The first-order valence-corrected chi connectivity index (χ1v) is 6.18. The normalized spacial score (nSPS) is 22.8. The van der Waals surface area contributed by atoms with Crippen LogP contribution in [0.2, 0.25) is 0 Å². The van der Waals surface area contributed by atoms with Gasteiger partial charge in [0.05, 0.1) is 0 Å². The molecule has 2 atom stereocenters. The standard InChI is InChI=1S/C14H19NO3/c1-9-4-5-12(6-10(9)2)18-14-8-15-7-13(14)17-11(3)16/h4-6,13-15H,7-8H2,1-3H3. The van der Waals surface area contributed by atoms with E-state index in [0.29, 0.717) is 13.1 Å². The first kappa shape index (κ1) is 12.9. The van der Waals surface area contributed by atoms with Gasteiger partial charge in [0.25, 0.3) is 0 Å². The highest BCUT2D eigenvalue weighted by Crippen LogP contribution is 2.20. The van der Waals surface area contributed by atoms with Gasteiger partial charge in [-0.3, -0.25) is 4.79 Å². The van der Waals surface area contributed by atoms with E-state index in [1.807, 2.05) is 18.2 Å². The highest BCUT2D eigenvalue weighted by molar-refractivity contribution is 5.66. The van der Waals surface area contributed by atoms with Gasteiger partial charge in [-0.25, -0.2) is 0 Å². The predicted molar refractivity (Wildman–Crippen MR) is 68.8 cm³/mol. The van der Waals surface area contributed by atoms with E-state index < -0.39 is 0 Å². The Hall–Kier alpha value is -1.55. The van der Waals surface area contributed by atoms with Gasteiger partial charge < -0.3 is 14.8 Å². The van der Waals surface area contributed by atoms with Crippen molar-refractivity contribution >= 4 is 5.97 Å². The maximum Gasteiger partial charge on any atom is 0.303 e. The van der Waals surface area contributed by atoms with Crippen LogP contribution in [0.15, 0.2) is 18.2 Å². The summed E-state index contributed by atoms with van der Waals surface area (Å²) in [6, 6.07) is 6.00. The Morgan fingerprint density at radius 3 is 2.61 bits per heavy atom. The van der Waals surface area contributed by atoms with Crippen molar-refractivity contribution in [2.45, 2.75) is 33.0 Å². The number of benzene rings is 1. The summed E-state index contributed by atoms with van der Waals surface area (Å²) in [5, 5.41) is 3.17. The Morgan fingerprint density at radius 2 is 1.94 bits per heavy atom. The van der Waals surface area contributed by atoms with Crippen LogP contribution in [0.5, 0.6) is 5.75 Å². The fraction of sp³-hybridized carbons (Fsp3) is 0.500. The second kappa shape index (κ2) is 5.40. The minimum absolute atomic E-state index is 0.115. The van der Waals surface area contributed by atoms with E-state index in [-0.39, 0.29) is 18.2 Å². The topological polar surface area (TPSA) is 47.6 Å². The van der Waals surface area contributed by atoms with Gasteiger partial charge in [-0.05, 0) is 37.1 Å². The molecule has 1 aromatic rings. The number of hydrogen-bond acceptors (Lipinski definition) is 4. The van der Waals surface area contributed by atoms with Crippen molar-refractivity contribution in [2.75, 3.05) is 13.1 Å². The Kier molecular flexibility index (Phi) is 3.87. The molecule has 1 aliphatic rings. The van der Waals surface area contributed by atoms with Crippen molar-refractivity contribution in [2.24, 2.45) is 0 Å². The van der Waals surface area contributed by atoms with Crippen LogP contribution in [-0.4, -0.2) is 31.3 Å². The average Bonchev–Trinajstić information content (AvgIpc) is 2.70. The fourth-order valence-electron chi connectivity index (χ4n) is 2.04. The number of carbonyl (C=O) groups excluding carboxylic acids is 1. The van der Waals surface area contributed by atoms with E-state index in [1.54, 1.807) is 0 Å². The second-order valence-corrected chi connectivity index (χ2v) is 4.71. The molecule has 0 radical (unpaired) electrons. The largest absolute Gasteiger partial charge is 0.485 e. The summed E-state index contributed by atoms with van der Waals surface area (Å²) in [4.78, 5) is 11.0. The monoisotopic (exact) mass is 249 g/mol. The maximum absolute atomic E-state index is 11.0. The number of ether oxygens (including phenoxy) is 2. The number of rotatable bonds is 3. The van der Waals surface area contributed by atoms with E-state index in [9.17, 15) is 4.79 Å². The lowest BCUT2D eigenvalue weighted by Crippen LogP contribution is -2.33. The molecule has 1 saturated heterocycles. The lowest BCUT2D eigenvalue weighted by Gasteiger charge is -2.20. The van der Waals surface area contributed by atoms with Crippen LogP contribution < -0.4 is 10.1 Å². The summed E-state index contributed by atoms with van der Waals surface area (Å²) >= 11 is 0. The third kappa shape index (κ3) is 3.01. The Bertz CT molecular complexity index is 445. The molecule has 0 saturated carbocycles. The SMILES string of the molecule is CC(=O)OC1CNCC1Oc1ccc(C)c(C)c1. The van der Waals surface area contributed by atoms with Gasteiger partial charge in [0.15, 0.2) is 6.10 Å². The van der Waals surface area contributed by atoms with Crippen LogP contribution in [-0.2, 0) is 9.53 Å². The molecule has 1 heterocycles. The average molecular weight is 249 g/mol. The van der Waals surface area contributed by atoms with Crippen molar-refractivity contribution in [3.63, 3.8) is 0 Å². The number of carbonyl (C=O) groups is 1. The molecule has 2 rings (SSSR count). The van der Waals surface area contributed by atoms with Crippen molar-refractivity contribution in [3.8, 4) is 5.75 Å². The molecule has 1 aliphatic heterocycles. The Labute approximate surface area is 107 Å². The smallest absolute Gasteiger partial charge is 0.303 e. The highest BCUT2D eigenvalue weighted by Gasteiger charge is 2.31. The summed E-state index contributed by atoms with van der Waals surface area (Å²) in [6.45, 7) is 6.89. The minimum Gasteiger partial charge on any atom is -0.485 e. The van der Waals surface area contributed by atoms with Crippen LogP contribution in [0.1, 0.15) is 18.1 Å². The van der Waals surface area contributed by atoms with Gasteiger partial charge >= 0.3 is 5.97 Å². The quantitative estimate of drug-likeness (QED) is 0.826. The van der Waals surface area contributed by atoms with Crippen LogP contribution in [0.3, 0.4) is 0 Å². The Balaban J connectivity index is 2.03. The number of hydrogen-bond donors (Lipinski definition) is 1. The van der Waals surface area contributed by atoms with Gasteiger partial charge in [0, 0.05) is 20.0 Å². The van der Waals surface area contributed by atoms with Gasteiger partial charge in [-0.2, -0.15) is 0 Å². The molecule has 0 aromatic heterocycles. The summed E-state index contributed by atoms with van der Waals surface area (Å²) < 4.78 is 11.1. The summed E-state index contributed by atoms with van der Waals surface area (Å²) in [6.07, 6.45) is -0.319. The van der Waals surface area contributed by atoms with Crippen molar-refractivity contribution in [1.82, 2.24) is 5.32 Å². The maximum atomic E-state index is 11.0. The Morgan fingerprint density at radius 1 is 1.22 bits per heavy atom. The zero-order valence-corrected chi connectivity index (χ0v) is 11.0. The molecule has 1 aromatic carbocycles. The van der Waals surface area contributed by atoms with E-state index in [1.165, 1.54) is 18.1 Å². The summed E-state index contributed by atoms with van der Waals surface area (Å²) in [5.74, 6) is 0.557. The number of nitrogens with one attached hydrogen (secondary N) is 1. The van der Waals surface area contributed by atoms with Gasteiger partial charge in [0.2, 0.25) is 0 Å². The molecule has 0 spiro atoms. The number of esters is 1. The minimum atomic E-state index is -0.266. The summed E-state index contributed by atoms with van der Waals surface area (Å²) in [5.41, 5.74) is 2.44. The van der Waals surface area contributed by atoms with Crippen LogP contribution in [0.4, 0.5) is 0 Å². The molecule has 18 heavy (non-hydrogen) atoms. The van der Waals surface area contributed by atoms with Gasteiger partial charge in [-0.15, -0.1) is 0 Å². The molecular weight excluding hydrogens is 230 g/mol. The van der Waals surface area contributed by atoms with Gasteiger partial charge in [0.1, 0.15) is 11.9 Å². The molecule has 98 valence electrons. The van der Waals surface area contributed by atoms with Crippen molar-refractivity contribution in [3.05, 3.63) is 29.3 Å². The molecular formula is C14H19NO3. The lowest BCUT2D eigenvalue weighted by molar-refractivity contribution is -0.148. The van der Waals surface area contributed by atoms with Gasteiger partial charge in [-0.1, -0.05) is 6.07 Å². The molecule has 0 bridgehead atoms. The van der Waals surface area contributed by atoms with E-state index in [2.05, 4.69) is 19.2 Å². The molecule has 4 nitrogen and oxygen atoms in total. The highest BCUT2D eigenvalue weighted by atomic mass is 16.6. The van der Waals surface area contributed by atoms with E-state index in [0.717, 1.165) is 5.75 Å². The predicted octanol–water partition coefficient (Wildman–Crippen LogP) is 1.59. The molecule has 1 fully saturated rings. The van der Waals surface area contributed by atoms with Crippen molar-refractivity contribution < 1.29 is 14.3 Å². The third-order valence-corrected chi connectivity index (χ3v) is 3.19. The van der Waals surface area contributed by atoms with E-state index >= 15 is 0 Å². The summed E-state index contributed by atoms with van der Waals surface area (Å²) in [7, 11) is 0. The van der Waals surface area contributed by atoms with Crippen molar-refractivity contribution in [1.29, 1.82) is 0 Å². The van der Waals surface area contributed by atoms with Crippen LogP contribution in [0.25, 0.3) is 0 Å². The first-order valence-electron chi connectivity index (χ1n) is 6.18. The molecule has 0 aliphatic carbocycles. The number of aryl methyl sites for hydroxylation is 2. The zero-order valence-electron chi connectivity index (χ0n) is 11.0. The lowest BCUT2D eigenvalue weighted by atomic mass is 10.1. The second-order valence-electron chi connectivity index (χ2n) is 4.71. The first-order chi connectivity index (χ1) is 8.56.